The molecule has 2 aliphatic heterocycles. The third kappa shape index (κ3) is 4.19. The summed E-state index contributed by atoms with van der Waals surface area (Å²) in [5.41, 5.74) is 1.62. The number of ether oxygens (including phenoxy) is 1. The molecule has 8 heteroatoms. The average molecular weight is 417 g/mol. The van der Waals surface area contributed by atoms with Crippen molar-refractivity contribution in [2.75, 3.05) is 6.61 Å². The Bertz CT molecular complexity index is 557. The van der Waals surface area contributed by atoms with E-state index in [9.17, 15) is 9.90 Å². The van der Waals surface area contributed by atoms with Crippen LogP contribution in [0.3, 0.4) is 0 Å². The highest BCUT2D eigenvalue weighted by atomic mass is 28.5. The summed E-state index contributed by atoms with van der Waals surface area (Å²) in [7, 11) is -5.31. The molecule has 0 spiro atoms. The normalized spacial score (nSPS) is 27.3. The Labute approximate surface area is 165 Å². The van der Waals surface area contributed by atoms with Gasteiger partial charge in [0.15, 0.2) is 0 Å². The zero-order valence-corrected chi connectivity index (χ0v) is 19.9. The van der Waals surface area contributed by atoms with Crippen molar-refractivity contribution in [1.29, 1.82) is 0 Å². The van der Waals surface area contributed by atoms with Crippen molar-refractivity contribution in [2.45, 2.75) is 96.2 Å². The van der Waals surface area contributed by atoms with Crippen LogP contribution < -0.4 is 0 Å². The average Bonchev–Trinajstić information content (AvgIpc) is 2.86. The van der Waals surface area contributed by atoms with E-state index in [1.165, 1.54) is 0 Å². The molecule has 27 heavy (non-hydrogen) atoms. The molecule has 0 radical (unpaired) electrons. The summed E-state index contributed by atoms with van der Waals surface area (Å²) in [5, 5.41) is 9.27. The fraction of sp³-hybridized carbons (Fsp3) is 0.842. The van der Waals surface area contributed by atoms with Crippen LogP contribution in [0.5, 0.6) is 0 Å². The molecule has 1 saturated heterocycles. The van der Waals surface area contributed by atoms with E-state index < -0.39 is 29.2 Å². The summed E-state index contributed by atoms with van der Waals surface area (Å²) in [6, 6.07) is 0. The number of rotatable bonds is 6. The molecule has 2 rings (SSSR count). The topological polar surface area (TPSA) is 74.2 Å². The monoisotopic (exact) mass is 416 g/mol. The van der Waals surface area contributed by atoms with Gasteiger partial charge in [0.05, 0.1) is 19.3 Å². The van der Waals surface area contributed by atoms with Crippen molar-refractivity contribution in [3.8, 4) is 0 Å². The Hall–Kier alpha value is -0.676. The van der Waals surface area contributed by atoms with E-state index in [1.54, 1.807) is 6.26 Å². The second-order valence-electron chi connectivity index (χ2n) is 8.95. The maximum atomic E-state index is 11.3. The molecule has 2 heterocycles. The molecule has 1 fully saturated rings. The first-order chi connectivity index (χ1) is 12.5. The highest BCUT2D eigenvalue weighted by Gasteiger charge is 2.59. The second-order valence-corrected chi connectivity index (χ2v) is 17.8. The van der Waals surface area contributed by atoms with Crippen molar-refractivity contribution < 1.29 is 27.6 Å². The number of hydrogen-bond donors (Lipinski definition) is 1. The fourth-order valence-corrected chi connectivity index (χ4v) is 15.5. The molecule has 1 N–H and O–H groups in total. The van der Waals surface area contributed by atoms with Gasteiger partial charge < -0.3 is 22.8 Å². The van der Waals surface area contributed by atoms with E-state index in [1.807, 2.05) is 0 Å². The van der Waals surface area contributed by atoms with Crippen LogP contribution in [-0.2, 0) is 22.5 Å². The van der Waals surface area contributed by atoms with Crippen molar-refractivity contribution in [1.82, 2.24) is 0 Å². The summed E-state index contributed by atoms with van der Waals surface area (Å²) in [5.74, 6) is -0.882. The van der Waals surface area contributed by atoms with Gasteiger partial charge in [-0.25, -0.2) is 0 Å². The Morgan fingerprint density at radius 3 is 2.00 bits per heavy atom. The van der Waals surface area contributed by atoms with Crippen molar-refractivity contribution in [3.63, 3.8) is 0 Å². The van der Waals surface area contributed by atoms with Gasteiger partial charge >= 0.3 is 23.1 Å². The van der Waals surface area contributed by atoms with Gasteiger partial charge in [0.25, 0.3) is 0 Å². The van der Waals surface area contributed by atoms with Crippen molar-refractivity contribution in [3.05, 3.63) is 11.8 Å². The van der Waals surface area contributed by atoms with Gasteiger partial charge in [-0.2, -0.15) is 0 Å². The Morgan fingerprint density at radius 2 is 1.56 bits per heavy atom. The minimum atomic E-state index is -2.74. The lowest BCUT2D eigenvalue weighted by atomic mass is 10.1. The summed E-state index contributed by atoms with van der Waals surface area (Å²) in [6.45, 7) is 17.7. The maximum Gasteiger partial charge on any atom is 0.335 e. The number of carboxylic acids is 1. The molecule has 0 aliphatic carbocycles. The van der Waals surface area contributed by atoms with E-state index in [0.717, 1.165) is 0 Å². The Kier molecular flexibility index (Phi) is 7.00. The molecule has 0 aromatic heterocycles. The summed E-state index contributed by atoms with van der Waals surface area (Å²) in [4.78, 5) is 11.3. The van der Waals surface area contributed by atoms with Crippen LogP contribution in [0, 0.1) is 0 Å². The van der Waals surface area contributed by atoms with Gasteiger partial charge in [0, 0.05) is 5.57 Å². The van der Waals surface area contributed by atoms with Crippen LogP contribution >= 0.6 is 0 Å². The first kappa shape index (κ1) is 22.6. The number of hydrogen-bond acceptors (Lipinski definition) is 5. The van der Waals surface area contributed by atoms with E-state index in [-0.39, 0.29) is 34.7 Å². The predicted molar refractivity (Wildman–Crippen MR) is 109 cm³/mol. The third-order valence-electron chi connectivity index (χ3n) is 5.78. The molecular formula is C19H36O6Si2. The number of fused-ring (bicyclic) bond motifs is 1. The Morgan fingerprint density at radius 1 is 1.04 bits per heavy atom. The van der Waals surface area contributed by atoms with Crippen LogP contribution in [0.2, 0.25) is 22.2 Å². The minimum absolute atomic E-state index is 0.0846. The van der Waals surface area contributed by atoms with E-state index >= 15 is 0 Å². The summed E-state index contributed by atoms with van der Waals surface area (Å²) in [6.07, 6.45) is 0.755. The standard InChI is InChI=1S/C19H36O6Si2/c1-12(2)26(13(3)4)23-11-17-19(16(10-22-17)9-18(20)21)24-27(25-26,14(5)6)15(7)8/h10,12-15,17,19H,9,11H2,1-8H3,(H,20,21)/t17-,19+/m1/s1. The first-order valence-corrected chi connectivity index (χ1v) is 14.0. The summed E-state index contributed by atoms with van der Waals surface area (Å²) >= 11 is 0. The zero-order chi connectivity index (χ0) is 20.6. The molecule has 0 amide bonds. The maximum absolute atomic E-state index is 11.3. The van der Waals surface area contributed by atoms with Crippen LogP contribution in [0.15, 0.2) is 11.8 Å². The van der Waals surface area contributed by atoms with Crippen molar-refractivity contribution >= 4 is 23.1 Å². The molecule has 0 aromatic rings. The van der Waals surface area contributed by atoms with Gasteiger partial charge in [0.2, 0.25) is 0 Å². The van der Waals surface area contributed by atoms with E-state index in [0.29, 0.717) is 12.2 Å². The SMILES string of the molecule is CC(C)[Si]1(C(C)C)OC[C@H]2OC=C(CC(=O)O)[C@@H]2O[Si](C(C)C)(C(C)C)O1. The lowest BCUT2D eigenvalue weighted by Gasteiger charge is -2.51. The highest BCUT2D eigenvalue weighted by Crippen LogP contribution is 2.47. The molecule has 0 bridgehead atoms. The molecular weight excluding hydrogens is 380 g/mol. The number of aliphatic carboxylic acids is 1. The van der Waals surface area contributed by atoms with Gasteiger partial charge in [-0.15, -0.1) is 0 Å². The molecule has 0 saturated carbocycles. The smallest absolute Gasteiger partial charge is 0.335 e. The number of carboxylic acid groups (broad SMARTS) is 1. The van der Waals surface area contributed by atoms with Gasteiger partial charge in [-0.05, 0) is 22.2 Å². The number of carbonyl (C=O) groups is 1. The first-order valence-electron chi connectivity index (χ1n) is 10.0. The van der Waals surface area contributed by atoms with Crippen LogP contribution in [-0.4, -0.2) is 47.0 Å². The molecule has 156 valence electrons. The zero-order valence-electron chi connectivity index (χ0n) is 17.9. The minimum Gasteiger partial charge on any atom is -0.493 e. The van der Waals surface area contributed by atoms with Crippen LogP contribution in [0.4, 0.5) is 0 Å². The third-order valence-corrected chi connectivity index (χ3v) is 16.0. The lowest BCUT2D eigenvalue weighted by Crippen LogP contribution is -2.65. The quantitative estimate of drug-likeness (QED) is 0.633. The molecule has 2 aliphatic rings. The predicted octanol–water partition coefficient (Wildman–Crippen LogP) is 4.70. The van der Waals surface area contributed by atoms with E-state index in [4.69, 9.17) is 17.7 Å². The Balaban J connectivity index is 2.51. The molecule has 2 atom stereocenters. The fourth-order valence-electron chi connectivity index (χ4n) is 4.27. The van der Waals surface area contributed by atoms with Crippen LogP contribution in [0.25, 0.3) is 0 Å². The lowest BCUT2D eigenvalue weighted by molar-refractivity contribution is -0.136. The summed E-state index contributed by atoms with van der Waals surface area (Å²) < 4.78 is 26.3. The van der Waals surface area contributed by atoms with E-state index in [2.05, 4.69) is 55.4 Å². The molecule has 6 nitrogen and oxygen atoms in total. The molecule has 0 unspecified atom stereocenters. The molecule has 0 aromatic carbocycles. The van der Waals surface area contributed by atoms with Crippen molar-refractivity contribution in [2.24, 2.45) is 0 Å². The highest BCUT2D eigenvalue weighted by molar-refractivity contribution is 6.84. The van der Waals surface area contributed by atoms with Crippen LogP contribution in [0.1, 0.15) is 61.8 Å². The van der Waals surface area contributed by atoms with Gasteiger partial charge in [0.1, 0.15) is 12.2 Å². The van der Waals surface area contributed by atoms with Gasteiger partial charge in [-0.3, -0.25) is 4.79 Å². The largest absolute Gasteiger partial charge is 0.493 e. The second kappa shape index (κ2) is 8.36. The van der Waals surface area contributed by atoms with Gasteiger partial charge in [-0.1, -0.05) is 55.4 Å².